The first kappa shape index (κ1) is 14.5. The summed E-state index contributed by atoms with van der Waals surface area (Å²) in [6.45, 7) is 10.3. The third-order valence-electron chi connectivity index (χ3n) is 1.77. The lowest BCUT2D eigenvalue weighted by atomic mass is 10.1. The van der Waals surface area contributed by atoms with Gasteiger partial charge in [-0.1, -0.05) is 6.58 Å². The minimum absolute atomic E-state index is 0.376. The lowest BCUT2D eigenvalue weighted by Crippen LogP contribution is -2.45. The zero-order valence-electron chi connectivity index (χ0n) is 10.4. The Labute approximate surface area is 95.7 Å². The van der Waals surface area contributed by atoms with Crippen molar-refractivity contribution in [2.75, 3.05) is 7.05 Å². The van der Waals surface area contributed by atoms with Gasteiger partial charge in [0.25, 0.3) is 0 Å². The van der Waals surface area contributed by atoms with Crippen molar-refractivity contribution >= 4 is 12.1 Å². The minimum Gasteiger partial charge on any atom is -0.479 e. The Hall–Kier alpha value is -1.52. The van der Waals surface area contributed by atoms with Gasteiger partial charge in [0.15, 0.2) is 6.04 Å². The van der Waals surface area contributed by atoms with E-state index in [1.54, 1.807) is 27.7 Å². The van der Waals surface area contributed by atoms with E-state index in [2.05, 4.69) is 6.58 Å². The zero-order valence-corrected chi connectivity index (χ0v) is 10.4. The van der Waals surface area contributed by atoms with Gasteiger partial charge in [0.2, 0.25) is 0 Å². The Kier molecular flexibility index (Phi) is 4.53. The lowest BCUT2D eigenvalue weighted by Gasteiger charge is -2.28. The van der Waals surface area contributed by atoms with Gasteiger partial charge >= 0.3 is 12.1 Å². The number of rotatable bonds is 3. The molecular weight excluding hydrogens is 210 g/mol. The van der Waals surface area contributed by atoms with E-state index in [4.69, 9.17) is 9.84 Å². The lowest BCUT2D eigenvalue weighted by molar-refractivity contribution is -0.141. The van der Waals surface area contributed by atoms with Gasteiger partial charge in [-0.15, -0.1) is 0 Å². The summed E-state index contributed by atoms with van der Waals surface area (Å²) in [5.41, 5.74) is -0.274. The SMILES string of the molecule is C=C(C)C(C(=O)O)N(C)C(=O)OC(C)(C)C. The van der Waals surface area contributed by atoms with Crippen LogP contribution in [0.4, 0.5) is 4.79 Å². The molecule has 0 aromatic carbocycles. The fourth-order valence-electron chi connectivity index (χ4n) is 1.15. The van der Waals surface area contributed by atoms with Gasteiger partial charge in [0.05, 0.1) is 0 Å². The first-order chi connectivity index (χ1) is 7.06. The van der Waals surface area contributed by atoms with Gasteiger partial charge < -0.3 is 9.84 Å². The fraction of sp³-hybridized carbons (Fsp3) is 0.636. The minimum atomic E-state index is -1.12. The molecule has 0 saturated heterocycles. The van der Waals surface area contributed by atoms with Crippen LogP contribution in [0.15, 0.2) is 12.2 Å². The number of amides is 1. The molecule has 0 aliphatic heterocycles. The van der Waals surface area contributed by atoms with Crippen molar-refractivity contribution in [3.05, 3.63) is 12.2 Å². The molecule has 1 amide bonds. The predicted octanol–water partition coefficient (Wildman–Crippen LogP) is 1.88. The van der Waals surface area contributed by atoms with Crippen LogP contribution in [0.3, 0.4) is 0 Å². The Morgan fingerprint density at radius 2 is 1.81 bits per heavy atom. The number of hydrogen-bond donors (Lipinski definition) is 1. The van der Waals surface area contributed by atoms with Crippen LogP contribution in [0.25, 0.3) is 0 Å². The first-order valence-corrected chi connectivity index (χ1v) is 4.90. The molecule has 0 bridgehead atoms. The van der Waals surface area contributed by atoms with Crippen molar-refractivity contribution in [2.24, 2.45) is 0 Å². The van der Waals surface area contributed by atoms with Crippen molar-refractivity contribution in [1.82, 2.24) is 4.90 Å². The highest BCUT2D eigenvalue weighted by Crippen LogP contribution is 2.13. The van der Waals surface area contributed by atoms with E-state index >= 15 is 0 Å². The standard InChI is InChI=1S/C11H19NO4/c1-7(2)8(9(13)14)12(6)10(15)16-11(3,4)5/h8H,1H2,2-6H3,(H,13,14). The Bertz CT molecular complexity index is 290. The molecule has 0 fully saturated rings. The van der Waals surface area contributed by atoms with E-state index in [1.807, 2.05) is 0 Å². The molecule has 5 heteroatoms. The zero-order chi connectivity index (χ0) is 13.1. The van der Waals surface area contributed by atoms with Gasteiger partial charge in [-0.3, -0.25) is 4.90 Å². The summed E-state index contributed by atoms with van der Waals surface area (Å²) in [4.78, 5) is 23.6. The van der Waals surface area contributed by atoms with Crippen LogP contribution in [-0.4, -0.2) is 40.8 Å². The van der Waals surface area contributed by atoms with Gasteiger partial charge in [-0.25, -0.2) is 9.59 Å². The second-order valence-corrected chi connectivity index (χ2v) is 4.68. The first-order valence-electron chi connectivity index (χ1n) is 4.90. The third kappa shape index (κ3) is 4.33. The Balaban J connectivity index is 4.76. The maximum atomic E-state index is 11.6. The molecular formula is C11H19NO4. The molecule has 92 valence electrons. The number of aliphatic carboxylic acids is 1. The summed E-state index contributed by atoms with van der Waals surface area (Å²) in [6, 6.07) is -1.06. The topological polar surface area (TPSA) is 66.8 Å². The molecule has 1 unspecified atom stereocenters. The van der Waals surface area contributed by atoms with Crippen LogP contribution in [0.5, 0.6) is 0 Å². The van der Waals surface area contributed by atoms with Gasteiger partial charge in [-0.05, 0) is 33.3 Å². The third-order valence-corrected chi connectivity index (χ3v) is 1.77. The number of hydrogen-bond acceptors (Lipinski definition) is 3. The van der Waals surface area contributed by atoms with Crippen molar-refractivity contribution in [3.8, 4) is 0 Å². The number of carbonyl (C=O) groups excluding carboxylic acids is 1. The molecule has 16 heavy (non-hydrogen) atoms. The highest BCUT2D eigenvalue weighted by Gasteiger charge is 2.30. The number of carbonyl (C=O) groups is 2. The summed E-state index contributed by atoms with van der Waals surface area (Å²) in [5.74, 6) is -1.12. The van der Waals surface area contributed by atoms with Gasteiger partial charge in [0.1, 0.15) is 5.60 Å². The van der Waals surface area contributed by atoms with Crippen LogP contribution in [0.2, 0.25) is 0 Å². The van der Waals surface area contributed by atoms with Crippen LogP contribution in [0.1, 0.15) is 27.7 Å². The molecule has 0 aliphatic carbocycles. The van der Waals surface area contributed by atoms with E-state index in [9.17, 15) is 9.59 Å². The van der Waals surface area contributed by atoms with E-state index in [1.165, 1.54) is 7.05 Å². The molecule has 5 nitrogen and oxygen atoms in total. The maximum Gasteiger partial charge on any atom is 0.411 e. The summed E-state index contributed by atoms with van der Waals surface area (Å²) >= 11 is 0. The number of carboxylic acid groups (broad SMARTS) is 1. The van der Waals surface area contributed by atoms with Crippen LogP contribution in [0, 0.1) is 0 Å². The highest BCUT2D eigenvalue weighted by atomic mass is 16.6. The normalized spacial score (nSPS) is 12.8. The molecule has 0 spiro atoms. The van der Waals surface area contributed by atoms with Gasteiger partial charge in [-0.2, -0.15) is 0 Å². The second-order valence-electron chi connectivity index (χ2n) is 4.68. The van der Waals surface area contributed by atoms with Gasteiger partial charge in [0, 0.05) is 7.05 Å². The molecule has 1 N–H and O–H groups in total. The largest absolute Gasteiger partial charge is 0.479 e. The fourth-order valence-corrected chi connectivity index (χ4v) is 1.15. The predicted molar refractivity (Wildman–Crippen MR) is 60.2 cm³/mol. The monoisotopic (exact) mass is 229 g/mol. The Morgan fingerprint density at radius 3 is 2.06 bits per heavy atom. The summed E-state index contributed by atoms with van der Waals surface area (Å²) in [7, 11) is 1.38. The molecule has 1 atom stereocenters. The molecule has 0 aromatic heterocycles. The molecule has 0 saturated carbocycles. The van der Waals surface area contributed by atoms with E-state index in [-0.39, 0.29) is 0 Å². The second kappa shape index (κ2) is 5.01. The molecule has 0 radical (unpaired) electrons. The van der Waals surface area contributed by atoms with Crippen molar-refractivity contribution < 1.29 is 19.4 Å². The van der Waals surface area contributed by atoms with Crippen molar-refractivity contribution in [3.63, 3.8) is 0 Å². The summed E-state index contributed by atoms with van der Waals surface area (Å²) in [5, 5.41) is 8.95. The molecule has 0 heterocycles. The van der Waals surface area contributed by atoms with E-state index in [0.717, 1.165) is 4.90 Å². The Morgan fingerprint density at radius 1 is 1.38 bits per heavy atom. The smallest absolute Gasteiger partial charge is 0.411 e. The van der Waals surface area contributed by atoms with Crippen LogP contribution in [-0.2, 0) is 9.53 Å². The van der Waals surface area contributed by atoms with Crippen molar-refractivity contribution in [2.45, 2.75) is 39.3 Å². The number of nitrogens with zero attached hydrogens (tertiary/aromatic N) is 1. The van der Waals surface area contributed by atoms with Crippen LogP contribution < -0.4 is 0 Å². The van der Waals surface area contributed by atoms with E-state index in [0.29, 0.717) is 5.57 Å². The van der Waals surface area contributed by atoms with Crippen molar-refractivity contribution in [1.29, 1.82) is 0 Å². The average molecular weight is 229 g/mol. The number of likely N-dealkylation sites (N-methyl/N-ethyl adjacent to an activating group) is 1. The molecule has 0 rings (SSSR count). The highest BCUT2D eigenvalue weighted by molar-refractivity contribution is 5.82. The summed E-state index contributed by atoms with van der Waals surface area (Å²) in [6.07, 6.45) is -0.678. The molecule has 0 aromatic rings. The molecule has 0 aliphatic rings. The number of carboxylic acids is 1. The maximum absolute atomic E-state index is 11.6. The van der Waals surface area contributed by atoms with E-state index < -0.39 is 23.7 Å². The summed E-state index contributed by atoms with van der Waals surface area (Å²) < 4.78 is 5.06. The van der Waals surface area contributed by atoms with Crippen LogP contribution >= 0.6 is 0 Å². The average Bonchev–Trinajstić information content (AvgIpc) is 1.98. The quantitative estimate of drug-likeness (QED) is 0.750. The number of ether oxygens (including phenoxy) is 1.